The number of carbonyl (C=O) groups excluding carboxylic acids is 1. The summed E-state index contributed by atoms with van der Waals surface area (Å²) in [5.74, 6) is 5.12. The Bertz CT molecular complexity index is 201. The van der Waals surface area contributed by atoms with Gasteiger partial charge in [0.1, 0.15) is 0 Å². The van der Waals surface area contributed by atoms with Gasteiger partial charge in [0, 0.05) is 12.1 Å². The average molecular weight is 215 g/mol. The maximum atomic E-state index is 11.4. The van der Waals surface area contributed by atoms with Crippen LogP contribution in [0.25, 0.3) is 0 Å². The van der Waals surface area contributed by atoms with E-state index in [0.717, 1.165) is 25.7 Å². The molecule has 88 valence electrons. The van der Waals surface area contributed by atoms with Gasteiger partial charge in [0.15, 0.2) is 0 Å². The van der Waals surface area contributed by atoms with Crippen molar-refractivity contribution in [1.29, 1.82) is 0 Å². The van der Waals surface area contributed by atoms with Crippen LogP contribution in [0.3, 0.4) is 0 Å². The van der Waals surface area contributed by atoms with Crippen LogP contribution in [-0.4, -0.2) is 24.2 Å². The van der Waals surface area contributed by atoms with E-state index in [1.807, 2.05) is 13.8 Å². The van der Waals surface area contributed by atoms with Crippen molar-refractivity contribution in [2.24, 2.45) is 5.90 Å². The molecule has 5 heteroatoms. The Hall–Kier alpha value is -0.810. The standard InChI is InChI=1S/C10H21N3O2/c1-7(2)12-10(14)13-8-3-5-9(15-11)6-4-8/h7-9H,3-6,11H2,1-2H3,(H2,12,13,14). The van der Waals surface area contributed by atoms with Crippen LogP contribution >= 0.6 is 0 Å². The van der Waals surface area contributed by atoms with Crippen molar-refractivity contribution in [3.8, 4) is 0 Å². The normalized spacial score (nSPS) is 26.4. The largest absolute Gasteiger partial charge is 0.336 e. The molecular formula is C10H21N3O2. The van der Waals surface area contributed by atoms with Crippen molar-refractivity contribution in [2.75, 3.05) is 0 Å². The minimum atomic E-state index is -0.0814. The van der Waals surface area contributed by atoms with Crippen LogP contribution in [0.2, 0.25) is 0 Å². The molecule has 1 aliphatic carbocycles. The smallest absolute Gasteiger partial charge is 0.315 e. The molecule has 0 aromatic rings. The Morgan fingerprint density at radius 2 is 1.93 bits per heavy atom. The lowest BCUT2D eigenvalue weighted by Gasteiger charge is -2.27. The molecule has 5 nitrogen and oxygen atoms in total. The fourth-order valence-corrected chi connectivity index (χ4v) is 1.83. The Morgan fingerprint density at radius 3 is 2.40 bits per heavy atom. The number of carbonyl (C=O) groups is 1. The molecule has 1 saturated carbocycles. The van der Waals surface area contributed by atoms with E-state index in [1.165, 1.54) is 0 Å². The van der Waals surface area contributed by atoms with Gasteiger partial charge in [0.25, 0.3) is 0 Å². The quantitative estimate of drug-likeness (QED) is 0.612. The lowest BCUT2D eigenvalue weighted by Crippen LogP contribution is -2.46. The minimum absolute atomic E-state index is 0.0814. The van der Waals surface area contributed by atoms with Gasteiger partial charge >= 0.3 is 6.03 Å². The first-order valence-corrected chi connectivity index (χ1v) is 5.54. The first-order valence-electron chi connectivity index (χ1n) is 5.54. The number of amides is 2. The molecule has 0 atom stereocenters. The molecular weight excluding hydrogens is 194 g/mol. The van der Waals surface area contributed by atoms with E-state index >= 15 is 0 Å². The van der Waals surface area contributed by atoms with E-state index in [2.05, 4.69) is 10.6 Å². The molecule has 4 N–H and O–H groups in total. The Kier molecular flexibility index (Phi) is 4.84. The maximum Gasteiger partial charge on any atom is 0.315 e. The van der Waals surface area contributed by atoms with Gasteiger partial charge in [-0.1, -0.05) is 0 Å². The second-order valence-electron chi connectivity index (χ2n) is 4.38. The molecule has 0 spiro atoms. The molecule has 1 fully saturated rings. The number of nitrogens with one attached hydrogen (secondary N) is 2. The van der Waals surface area contributed by atoms with Gasteiger partial charge in [-0.05, 0) is 39.5 Å². The summed E-state index contributed by atoms with van der Waals surface area (Å²) in [5, 5.41) is 5.76. The molecule has 0 aromatic carbocycles. The van der Waals surface area contributed by atoms with Gasteiger partial charge in [0.2, 0.25) is 0 Å². The van der Waals surface area contributed by atoms with Crippen molar-refractivity contribution in [3.05, 3.63) is 0 Å². The molecule has 2 amide bonds. The van der Waals surface area contributed by atoms with Crippen LogP contribution in [0.5, 0.6) is 0 Å². The van der Waals surface area contributed by atoms with Crippen molar-refractivity contribution < 1.29 is 9.63 Å². The zero-order valence-corrected chi connectivity index (χ0v) is 9.45. The number of urea groups is 1. The highest BCUT2D eigenvalue weighted by Gasteiger charge is 2.22. The summed E-state index contributed by atoms with van der Waals surface area (Å²) in [6.45, 7) is 3.89. The Labute approximate surface area is 90.7 Å². The fraction of sp³-hybridized carbons (Fsp3) is 0.900. The second-order valence-corrected chi connectivity index (χ2v) is 4.38. The SMILES string of the molecule is CC(C)NC(=O)NC1CCC(ON)CC1. The second kappa shape index (κ2) is 5.92. The molecule has 0 aliphatic heterocycles. The topological polar surface area (TPSA) is 76.4 Å². The molecule has 1 aliphatic rings. The molecule has 0 aromatic heterocycles. The molecule has 0 bridgehead atoms. The van der Waals surface area contributed by atoms with Gasteiger partial charge in [-0.2, -0.15) is 0 Å². The third-order valence-corrected chi connectivity index (χ3v) is 2.62. The zero-order valence-electron chi connectivity index (χ0n) is 9.45. The predicted octanol–water partition coefficient (Wildman–Crippen LogP) is 0.895. The highest BCUT2D eigenvalue weighted by atomic mass is 16.6. The molecule has 0 saturated heterocycles. The highest BCUT2D eigenvalue weighted by Crippen LogP contribution is 2.19. The van der Waals surface area contributed by atoms with E-state index in [4.69, 9.17) is 10.7 Å². The Morgan fingerprint density at radius 1 is 1.33 bits per heavy atom. The third-order valence-electron chi connectivity index (χ3n) is 2.62. The number of hydrogen-bond donors (Lipinski definition) is 3. The molecule has 15 heavy (non-hydrogen) atoms. The van der Waals surface area contributed by atoms with Crippen molar-refractivity contribution >= 4 is 6.03 Å². The summed E-state index contributed by atoms with van der Waals surface area (Å²) >= 11 is 0. The number of nitrogens with two attached hydrogens (primary N) is 1. The lowest BCUT2D eigenvalue weighted by atomic mass is 9.93. The van der Waals surface area contributed by atoms with E-state index < -0.39 is 0 Å². The third kappa shape index (κ3) is 4.48. The van der Waals surface area contributed by atoms with E-state index in [-0.39, 0.29) is 24.2 Å². The fourth-order valence-electron chi connectivity index (χ4n) is 1.83. The maximum absolute atomic E-state index is 11.4. The average Bonchev–Trinajstić information content (AvgIpc) is 2.17. The lowest BCUT2D eigenvalue weighted by molar-refractivity contribution is 0.0226. The molecule has 1 rings (SSSR count). The first-order chi connectivity index (χ1) is 7.11. The molecule has 0 heterocycles. The summed E-state index contributed by atoms with van der Waals surface area (Å²) in [4.78, 5) is 16.2. The summed E-state index contributed by atoms with van der Waals surface area (Å²) in [6.07, 6.45) is 3.88. The van der Waals surface area contributed by atoms with Crippen LogP contribution < -0.4 is 16.5 Å². The summed E-state index contributed by atoms with van der Waals surface area (Å²) in [5.41, 5.74) is 0. The van der Waals surface area contributed by atoms with Gasteiger partial charge in [-0.25, -0.2) is 10.7 Å². The van der Waals surface area contributed by atoms with Gasteiger partial charge in [0.05, 0.1) is 6.10 Å². The zero-order chi connectivity index (χ0) is 11.3. The van der Waals surface area contributed by atoms with Crippen LogP contribution in [0.4, 0.5) is 4.79 Å². The molecule has 0 unspecified atom stereocenters. The van der Waals surface area contributed by atoms with Crippen LogP contribution in [0.15, 0.2) is 0 Å². The number of rotatable bonds is 3. The van der Waals surface area contributed by atoms with Crippen molar-refractivity contribution in [3.63, 3.8) is 0 Å². The summed E-state index contributed by atoms with van der Waals surface area (Å²) in [6, 6.07) is 0.353. The highest BCUT2D eigenvalue weighted by molar-refractivity contribution is 5.74. The predicted molar refractivity (Wildman–Crippen MR) is 58.1 cm³/mol. The summed E-state index contributed by atoms with van der Waals surface area (Å²) in [7, 11) is 0. The number of hydrogen-bond acceptors (Lipinski definition) is 3. The van der Waals surface area contributed by atoms with Crippen molar-refractivity contribution in [1.82, 2.24) is 10.6 Å². The van der Waals surface area contributed by atoms with Gasteiger partial charge in [-0.3, -0.25) is 0 Å². The minimum Gasteiger partial charge on any atom is -0.336 e. The van der Waals surface area contributed by atoms with Gasteiger partial charge < -0.3 is 15.5 Å². The van der Waals surface area contributed by atoms with Crippen LogP contribution in [-0.2, 0) is 4.84 Å². The van der Waals surface area contributed by atoms with Crippen LogP contribution in [0.1, 0.15) is 39.5 Å². The van der Waals surface area contributed by atoms with E-state index in [9.17, 15) is 4.79 Å². The summed E-state index contributed by atoms with van der Waals surface area (Å²) < 4.78 is 0. The van der Waals surface area contributed by atoms with E-state index in [1.54, 1.807) is 0 Å². The monoisotopic (exact) mass is 215 g/mol. The first kappa shape index (κ1) is 12.3. The van der Waals surface area contributed by atoms with Gasteiger partial charge in [-0.15, -0.1) is 0 Å². The van der Waals surface area contributed by atoms with Crippen LogP contribution in [0, 0.1) is 0 Å². The van der Waals surface area contributed by atoms with E-state index in [0.29, 0.717) is 0 Å². The van der Waals surface area contributed by atoms with Crippen molar-refractivity contribution in [2.45, 2.75) is 57.7 Å². The molecule has 0 radical (unpaired) electrons. The Balaban J connectivity index is 2.20.